The second-order valence-corrected chi connectivity index (χ2v) is 3.85. The number of aliphatic carboxylic acids is 2. The largest absolute Gasteiger partial charge is 0.475 e. The van der Waals surface area contributed by atoms with Crippen LogP contribution in [-0.4, -0.2) is 26.5 Å². The molecule has 1 aliphatic rings. The van der Waals surface area contributed by atoms with Gasteiger partial charge in [-0.25, -0.2) is 9.59 Å². The Bertz CT molecular complexity index is 323. The van der Waals surface area contributed by atoms with E-state index in [1.165, 1.54) is 0 Å². The average Bonchev–Trinajstić information content (AvgIpc) is 2.01. The number of alkyl halides is 2. The van der Waals surface area contributed by atoms with Crippen LogP contribution in [0.25, 0.3) is 0 Å². The molecule has 0 spiro atoms. The fourth-order valence-corrected chi connectivity index (χ4v) is 1.18. The van der Waals surface area contributed by atoms with Crippen LogP contribution in [0.4, 0.5) is 0 Å². The van der Waals surface area contributed by atoms with Gasteiger partial charge in [0, 0.05) is 12.2 Å². The van der Waals surface area contributed by atoms with Crippen LogP contribution in [0.2, 0.25) is 0 Å². The van der Waals surface area contributed by atoms with Gasteiger partial charge in [-0.15, -0.1) is 0 Å². The van der Waals surface area contributed by atoms with Crippen molar-refractivity contribution in [3.8, 4) is 0 Å². The topological polar surface area (TPSA) is 83.8 Å². The zero-order valence-corrected chi connectivity index (χ0v) is 8.04. The van der Waals surface area contributed by atoms with Crippen LogP contribution in [0, 0.1) is 0 Å². The Balaban J connectivity index is 3.05. The maximum absolute atomic E-state index is 10.5. The third kappa shape index (κ3) is 2.40. The number of carboxylic acid groups (broad SMARTS) is 2. The molecule has 0 saturated heterocycles. The lowest BCUT2D eigenvalue weighted by Gasteiger charge is -2.18. The molecule has 76 valence electrons. The number of hydrogen-bond acceptors (Lipinski definition) is 3. The standard InChI is InChI=1S/C7H4Cl2O5/c8-7(9)1-3(5(10)11)14-4(2-7)6(12)13/h1-2H,(H,10,11)(H,12,13). The Hall–Kier alpha value is -1.20. The third-order valence-electron chi connectivity index (χ3n) is 1.29. The maximum Gasteiger partial charge on any atom is 0.371 e. The molecular weight excluding hydrogens is 235 g/mol. The fraction of sp³-hybridized carbons (Fsp3) is 0.143. The number of carbonyl (C=O) groups is 2. The number of allylic oxidation sites excluding steroid dienone is 2. The van der Waals surface area contributed by atoms with E-state index in [1.54, 1.807) is 0 Å². The van der Waals surface area contributed by atoms with E-state index in [0.717, 1.165) is 12.2 Å². The Kier molecular flexibility index (Phi) is 2.73. The van der Waals surface area contributed by atoms with E-state index in [-0.39, 0.29) is 0 Å². The lowest BCUT2D eigenvalue weighted by Crippen LogP contribution is -2.21. The summed E-state index contributed by atoms with van der Waals surface area (Å²) in [6, 6.07) is 0. The van der Waals surface area contributed by atoms with Crippen LogP contribution in [0.5, 0.6) is 0 Å². The molecule has 0 radical (unpaired) electrons. The quantitative estimate of drug-likeness (QED) is 0.705. The Morgan fingerprint density at radius 2 is 1.50 bits per heavy atom. The van der Waals surface area contributed by atoms with Gasteiger partial charge in [-0.1, -0.05) is 23.2 Å². The minimum Gasteiger partial charge on any atom is -0.475 e. The highest BCUT2D eigenvalue weighted by Crippen LogP contribution is 2.32. The Morgan fingerprint density at radius 3 is 1.79 bits per heavy atom. The molecule has 0 aromatic carbocycles. The van der Waals surface area contributed by atoms with Crippen LogP contribution < -0.4 is 0 Å². The molecule has 0 saturated carbocycles. The van der Waals surface area contributed by atoms with Gasteiger partial charge in [-0.2, -0.15) is 0 Å². The van der Waals surface area contributed by atoms with Crippen molar-refractivity contribution in [3.05, 3.63) is 23.7 Å². The molecule has 7 heteroatoms. The van der Waals surface area contributed by atoms with Crippen molar-refractivity contribution in [3.63, 3.8) is 0 Å². The van der Waals surface area contributed by atoms with E-state index in [1.807, 2.05) is 0 Å². The number of carboxylic acids is 2. The van der Waals surface area contributed by atoms with Gasteiger partial charge >= 0.3 is 11.9 Å². The van der Waals surface area contributed by atoms with Crippen molar-refractivity contribution in [2.24, 2.45) is 0 Å². The van der Waals surface area contributed by atoms with E-state index < -0.39 is 27.8 Å². The number of ether oxygens (including phenoxy) is 1. The molecule has 0 bridgehead atoms. The van der Waals surface area contributed by atoms with Crippen LogP contribution in [0.15, 0.2) is 23.7 Å². The first-order valence-corrected chi connectivity index (χ1v) is 4.05. The van der Waals surface area contributed by atoms with Crippen LogP contribution >= 0.6 is 23.2 Å². The molecule has 0 unspecified atom stereocenters. The van der Waals surface area contributed by atoms with Crippen molar-refractivity contribution >= 4 is 35.1 Å². The second kappa shape index (κ2) is 3.51. The highest BCUT2D eigenvalue weighted by atomic mass is 35.5. The molecule has 5 nitrogen and oxygen atoms in total. The van der Waals surface area contributed by atoms with Gasteiger partial charge in [0.15, 0.2) is 4.33 Å². The summed E-state index contributed by atoms with van der Waals surface area (Å²) in [5, 5.41) is 17.1. The summed E-state index contributed by atoms with van der Waals surface area (Å²) < 4.78 is 2.82. The van der Waals surface area contributed by atoms with Crippen molar-refractivity contribution in [1.29, 1.82) is 0 Å². The molecule has 1 rings (SSSR count). The first-order chi connectivity index (χ1) is 6.32. The smallest absolute Gasteiger partial charge is 0.371 e. The number of hydrogen-bond donors (Lipinski definition) is 2. The highest BCUT2D eigenvalue weighted by molar-refractivity contribution is 6.51. The normalized spacial score (nSPS) is 19.0. The third-order valence-corrected chi connectivity index (χ3v) is 1.72. The van der Waals surface area contributed by atoms with Gasteiger partial charge in [0.1, 0.15) is 0 Å². The predicted molar refractivity (Wildman–Crippen MR) is 47.0 cm³/mol. The number of halogens is 2. The van der Waals surface area contributed by atoms with Gasteiger partial charge in [-0.3, -0.25) is 0 Å². The zero-order chi connectivity index (χ0) is 10.9. The first kappa shape index (κ1) is 10.9. The van der Waals surface area contributed by atoms with Gasteiger partial charge in [-0.05, 0) is 0 Å². The molecule has 0 aromatic heterocycles. The lowest BCUT2D eigenvalue weighted by molar-refractivity contribution is -0.139. The van der Waals surface area contributed by atoms with Gasteiger partial charge in [0.2, 0.25) is 11.5 Å². The van der Waals surface area contributed by atoms with Gasteiger partial charge in [0.25, 0.3) is 0 Å². The number of rotatable bonds is 2. The summed E-state index contributed by atoms with van der Waals surface area (Å²) in [4.78, 5) is 21.0. The molecule has 14 heavy (non-hydrogen) atoms. The zero-order valence-electron chi connectivity index (χ0n) is 6.53. The van der Waals surface area contributed by atoms with E-state index in [2.05, 4.69) is 4.74 Å². The minimum absolute atomic E-state index is 0.616. The molecule has 0 atom stereocenters. The molecular formula is C7H4Cl2O5. The average molecular weight is 239 g/mol. The van der Waals surface area contributed by atoms with E-state index in [4.69, 9.17) is 33.4 Å². The predicted octanol–water partition coefficient (Wildman–Crippen LogP) is 1.13. The van der Waals surface area contributed by atoms with Gasteiger partial charge in [0.05, 0.1) is 0 Å². The van der Waals surface area contributed by atoms with Crippen molar-refractivity contribution < 1.29 is 24.5 Å². The SMILES string of the molecule is O=C(O)C1=CC(Cl)(Cl)C=C(C(=O)O)O1. The maximum atomic E-state index is 10.5. The Morgan fingerprint density at radius 1 is 1.14 bits per heavy atom. The molecule has 0 aromatic rings. The van der Waals surface area contributed by atoms with Crippen molar-refractivity contribution in [2.75, 3.05) is 0 Å². The summed E-state index contributed by atoms with van der Waals surface area (Å²) in [6.45, 7) is 0. The van der Waals surface area contributed by atoms with Crippen molar-refractivity contribution in [2.45, 2.75) is 4.33 Å². The van der Waals surface area contributed by atoms with Crippen LogP contribution in [0.3, 0.4) is 0 Å². The second-order valence-electron chi connectivity index (χ2n) is 2.40. The Labute approximate surface area is 88.2 Å². The molecule has 0 aliphatic carbocycles. The summed E-state index contributed by atoms with van der Waals surface area (Å²) in [5.41, 5.74) is 0. The summed E-state index contributed by atoms with van der Waals surface area (Å²) in [5.74, 6) is -4.12. The lowest BCUT2D eigenvalue weighted by atomic mass is 10.2. The van der Waals surface area contributed by atoms with Crippen LogP contribution in [-0.2, 0) is 14.3 Å². The molecule has 2 N–H and O–H groups in total. The highest BCUT2D eigenvalue weighted by Gasteiger charge is 2.31. The molecule has 1 aliphatic heterocycles. The monoisotopic (exact) mass is 238 g/mol. The fourth-order valence-electron chi connectivity index (χ4n) is 0.779. The van der Waals surface area contributed by atoms with Crippen LogP contribution in [0.1, 0.15) is 0 Å². The van der Waals surface area contributed by atoms with Gasteiger partial charge < -0.3 is 14.9 Å². The molecule has 0 amide bonds. The summed E-state index contributed by atoms with van der Waals surface area (Å²) in [7, 11) is 0. The first-order valence-electron chi connectivity index (χ1n) is 3.30. The molecule has 0 fully saturated rings. The van der Waals surface area contributed by atoms with E-state index in [0.29, 0.717) is 0 Å². The minimum atomic E-state index is -1.68. The summed E-state index contributed by atoms with van der Waals surface area (Å²) >= 11 is 11.1. The van der Waals surface area contributed by atoms with Crippen molar-refractivity contribution in [1.82, 2.24) is 0 Å². The van der Waals surface area contributed by atoms with E-state index >= 15 is 0 Å². The van der Waals surface area contributed by atoms with E-state index in [9.17, 15) is 9.59 Å². The molecule has 1 heterocycles. The summed E-state index contributed by atoms with van der Waals surface area (Å²) in [6.07, 6.45) is 1.79.